The molecule has 0 aliphatic heterocycles. The molecule has 0 amide bonds. The molecule has 0 radical (unpaired) electrons. The number of imidazole rings is 1. The van der Waals surface area contributed by atoms with Gasteiger partial charge >= 0.3 is 5.69 Å². The Morgan fingerprint density at radius 1 is 1.04 bits per heavy atom. The van der Waals surface area contributed by atoms with E-state index in [1.807, 2.05) is 26.0 Å². The number of aryl methyl sites for hydroxylation is 2. The summed E-state index contributed by atoms with van der Waals surface area (Å²) in [5.74, 6) is 0. The van der Waals surface area contributed by atoms with Crippen molar-refractivity contribution in [3.05, 3.63) is 52.2 Å². The second-order valence-corrected chi connectivity index (χ2v) is 7.22. The molecule has 0 saturated carbocycles. The minimum atomic E-state index is -3.62. The molecule has 0 atom stereocenters. The molecule has 0 fully saturated rings. The van der Waals surface area contributed by atoms with E-state index in [9.17, 15) is 13.2 Å². The molecule has 0 spiro atoms. The predicted molar refractivity (Wildman–Crippen MR) is 88.0 cm³/mol. The molecule has 0 aliphatic carbocycles. The first-order chi connectivity index (χ1) is 10.9. The van der Waals surface area contributed by atoms with E-state index in [2.05, 4.69) is 19.3 Å². The van der Waals surface area contributed by atoms with E-state index >= 15 is 0 Å². The molecule has 1 aromatic carbocycles. The van der Waals surface area contributed by atoms with Gasteiger partial charge in [-0.1, -0.05) is 0 Å². The van der Waals surface area contributed by atoms with Crippen LogP contribution in [-0.4, -0.2) is 29.5 Å². The zero-order valence-electron chi connectivity index (χ0n) is 12.9. The molecule has 8 heteroatoms. The maximum Gasteiger partial charge on any atom is 0.323 e. The Morgan fingerprint density at radius 2 is 1.70 bits per heavy atom. The lowest BCUT2D eigenvalue weighted by atomic mass is 10.3. The van der Waals surface area contributed by atoms with Gasteiger partial charge in [0.2, 0.25) is 10.0 Å². The summed E-state index contributed by atoms with van der Waals surface area (Å²) in [5.41, 5.74) is 2.87. The molecular weight excluding hydrogens is 316 g/mol. The van der Waals surface area contributed by atoms with Crippen molar-refractivity contribution >= 4 is 21.1 Å². The number of aromatic amines is 2. The summed E-state index contributed by atoms with van der Waals surface area (Å²) in [6.45, 7) is 4.82. The van der Waals surface area contributed by atoms with E-state index in [4.69, 9.17) is 0 Å². The van der Waals surface area contributed by atoms with Crippen LogP contribution in [0, 0.1) is 13.8 Å². The molecule has 0 aliphatic rings. The second kappa shape index (κ2) is 5.71. The van der Waals surface area contributed by atoms with Crippen LogP contribution in [0.15, 0.2) is 40.0 Å². The van der Waals surface area contributed by atoms with Crippen LogP contribution in [0.1, 0.15) is 11.4 Å². The fourth-order valence-corrected chi connectivity index (χ4v) is 3.65. The topological polar surface area (TPSA) is 99.8 Å². The fourth-order valence-electron chi connectivity index (χ4n) is 2.61. The zero-order valence-corrected chi connectivity index (χ0v) is 13.7. The summed E-state index contributed by atoms with van der Waals surface area (Å²) in [7, 11) is -3.62. The summed E-state index contributed by atoms with van der Waals surface area (Å²) in [4.78, 5) is 16.5. The number of sulfonamides is 1. The van der Waals surface area contributed by atoms with Gasteiger partial charge < -0.3 is 14.5 Å². The number of H-pyrrole nitrogens is 2. The van der Waals surface area contributed by atoms with Crippen molar-refractivity contribution < 1.29 is 8.42 Å². The quantitative estimate of drug-likeness (QED) is 0.655. The highest BCUT2D eigenvalue weighted by Crippen LogP contribution is 2.15. The second-order valence-electron chi connectivity index (χ2n) is 5.45. The highest BCUT2D eigenvalue weighted by Gasteiger charge is 2.15. The summed E-state index contributed by atoms with van der Waals surface area (Å²) in [5, 5.41) is 0. The van der Waals surface area contributed by atoms with E-state index in [0.29, 0.717) is 24.1 Å². The lowest BCUT2D eigenvalue weighted by Gasteiger charge is -2.11. The molecule has 0 bridgehead atoms. The molecule has 0 unspecified atom stereocenters. The Morgan fingerprint density at radius 3 is 2.39 bits per heavy atom. The minimum Gasteiger partial charge on any atom is -0.348 e. The van der Waals surface area contributed by atoms with E-state index < -0.39 is 10.0 Å². The lowest BCUT2D eigenvalue weighted by molar-refractivity contribution is 0.570. The average Bonchev–Trinajstić information content (AvgIpc) is 3.01. The molecule has 122 valence electrons. The summed E-state index contributed by atoms with van der Waals surface area (Å²) in [6, 6.07) is 8.49. The van der Waals surface area contributed by atoms with Crippen LogP contribution in [-0.2, 0) is 16.6 Å². The summed E-state index contributed by atoms with van der Waals surface area (Å²) >= 11 is 0. The smallest absolute Gasteiger partial charge is 0.323 e. The van der Waals surface area contributed by atoms with E-state index in [-0.39, 0.29) is 10.6 Å². The van der Waals surface area contributed by atoms with Gasteiger partial charge in [-0.3, -0.25) is 0 Å². The van der Waals surface area contributed by atoms with E-state index in [0.717, 1.165) is 11.4 Å². The number of hydrogen-bond acceptors (Lipinski definition) is 3. The van der Waals surface area contributed by atoms with Crippen molar-refractivity contribution in [1.29, 1.82) is 0 Å². The van der Waals surface area contributed by atoms with E-state index in [1.54, 1.807) is 6.07 Å². The largest absolute Gasteiger partial charge is 0.348 e. The zero-order chi connectivity index (χ0) is 16.6. The SMILES string of the molecule is Cc1ccc(C)n1CCNS(=O)(=O)c1ccc2[nH]c(=O)[nH]c2c1. The fraction of sp³-hybridized carbons (Fsp3) is 0.267. The normalized spacial score (nSPS) is 12.1. The predicted octanol–water partition coefficient (Wildman–Crippen LogP) is 1.25. The lowest BCUT2D eigenvalue weighted by Crippen LogP contribution is -2.27. The van der Waals surface area contributed by atoms with Gasteiger partial charge in [0.1, 0.15) is 0 Å². The third-order valence-corrected chi connectivity index (χ3v) is 5.30. The first-order valence-corrected chi connectivity index (χ1v) is 8.69. The van der Waals surface area contributed by atoms with Crippen LogP contribution in [0.4, 0.5) is 0 Å². The number of nitrogens with one attached hydrogen (secondary N) is 3. The number of hydrogen-bond donors (Lipinski definition) is 3. The van der Waals surface area contributed by atoms with Crippen LogP contribution in [0.2, 0.25) is 0 Å². The van der Waals surface area contributed by atoms with Crippen LogP contribution < -0.4 is 10.4 Å². The van der Waals surface area contributed by atoms with Gasteiger partial charge in [0.15, 0.2) is 0 Å². The van der Waals surface area contributed by atoms with Crippen LogP contribution in [0.3, 0.4) is 0 Å². The standard InChI is InChI=1S/C15H18N4O3S/c1-10-3-4-11(2)19(10)8-7-16-23(21,22)12-5-6-13-14(9-12)18-15(20)17-13/h3-6,9,16H,7-8H2,1-2H3,(H2,17,18,20). The van der Waals surface area contributed by atoms with Gasteiger partial charge in [0.05, 0.1) is 15.9 Å². The summed E-state index contributed by atoms with van der Waals surface area (Å²) < 4.78 is 29.4. The minimum absolute atomic E-state index is 0.126. The maximum atomic E-state index is 12.4. The van der Waals surface area contributed by atoms with Crippen LogP contribution >= 0.6 is 0 Å². The van der Waals surface area contributed by atoms with Crippen LogP contribution in [0.5, 0.6) is 0 Å². The van der Waals surface area contributed by atoms with E-state index in [1.165, 1.54) is 12.1 Å². The number of aromatic nitrogens is 3. The monoisotopic (exact) mass is 334 g/mol. The third kappa shape index (κ3) is 3.08. The molecule has 3 N–H and O–H groups in total. The van der Waals surface area contributed by atoms with Gasteiger partial charge in [-0.05, 0) is 44.2 Å². The number of nitrogens with zero attached hydrogens (tertiary/aromatic N) is 1. The Labute approximate surface area is 133 Å². The molecule has 23 heavy (non-hydrogen) atoms. The van der Waals surface area contributed by atoms with Crippen molar-refractivity contribution in [2.24, 2.45) is 0 Å². The van der Waals surface area contributed by atoms with Crippen LogP contribution in [0.25, 0.3) is 11.0 Å². The molecule has 2 aromatic heterocycles. The van der Waals surface area contributed by atoms with Gasteiger partial charge in [0, 0.05) is 24.5 Å². The highest BCUT2D eigenvalue weighted by molar-refractivity contribution is 7.89. The van der Waals surface area contributed by atoms with Crippen molar-refractivity contribution in [2.75, 3.05) is 6.54 Å². The number of fused-ring (bicyclic) bond motifs is 1. The average molecular weight is 334 g/mol. The number of benzene rings is 1. The number of rotatable bonds is 5. The van der Waals surface area contributed by atoms with Gasteiger partial charge in [-0.25, -0.2) is 17.9 Å². The van der Waals surface area contributed by atoms with Crippen molar-refractivity contribution in [1.82, 2.24) is 19.3 Å². The van der Waals surface area contributed by atoms with Crippen molar-refractivity contribution in [3.63, 3.8) is 0 Å². The van der Waals surface area contributed by atoms with Gasteiger partial charge in [-0.15, -0.1) is 0 Å². The van der Waals surface area contributed by atoms with Gasteiger partial charge in [-0.2, -0.15) is 0 Å². The molecule has 3 aromatic rings. The third-order valence-electron chi connectivity index (χ3n) is 3.84. The molecule has 7 nitrogen and oxygen atoms in total. The molecular formula is C15H18N4O3S. The van der Waals surface area contributed by atoms with Gasteiger partial charge in [0.25, 0.3) is 0 Å². The molecule has 0 saturated heterocycles. The Hall–Kier alpha value is -2.32. The highest BCUT2D eigenvalue weighted by atomic mass is 32.2. The Bertz CT molecular complexity index is 991. The Balaban J connectivity index is 1.76. The van der Waals surface area contributed by atoms with Crippen molar-refractivity contribution in [2.45, 2.75) is 25.3 Å². The van der Waals surface area contributed by atoms with Crippen molar-refractivity contribution in [3.8, 4) is 0 Å². The molecule has 3 rings (SSSR count). The summed E-state index contributed by atoms with van der Waals surface area (Å²) in [6.07, 6.45) is 0. The first kappa shape index (κ1) is 15.6. The first-order valence-electron chi connectivity index (χ1n) is 7.21. The Kier molecular flexibility index (Phi) is 3.87. The maximum absolute atomic E-state index is 12.4. The molecule has 2 heterocycles.